The zero-order valence-electron chi connectivity index (χ0n) is 32.1. The van der Waals surface area contributed by atoms with Crippen LogP contribution in [-0.2, 0) is 27.2 Å². The van der Waals surface area contributed by atoms with E-state index in [1.54, 1.807) is 12.1 Å². The minimum absolute atomic E-state index is 0.00311. The van der Waals surface area contributed by atoms with Crippen molar-refractivity contribution in [3.05, 3.63) is 66.7 Å². The van der Waals surface area contributed by atoms with Gasteiger partial charge in [-0.1, -0.05) is 48.4 Å². The number of ether oxygens (including phenoxy) is 1. The molecule has 2 saturated carbocycles. The van der Waals surface area contributed by atoms with Gasteiger partial charge >= 0.3 is 24.0 Å². The van der Waals surface area contributed by atoms with Gasteiger partial charge in [0.15, 0.2) is 21.8 Å². The van der Waals surface area contributed by atoms with Gasteiger partial charge in [-0.2, -0.15) is 0 Å². The number of aliphatic carboxylic acids is 2. The number of hydrogen-bond acceptors (Lipinski definition) is 13. The maximum atomic E-state index is 13.3. The molecule has 318 valence electrons. The number of carbonyl (C=O) groups excluding carboxylic acids is 4. The van der Waals surface area contributed by atoms with Crippen LogP contribution in [0.4, 0.5) is 36.9 Å². The van der Waals surface area contributed by atoms with Crippen LogP contribution < -0.4 is 26.2 Å². The predicted octanol–water partition coefficient (Wildman–Crippen LogP) is 8.33. The van der Waals surface area contributed by atoms with Crippen molar-refractivity contribution in [2.75, 3.05) is 52.5 Å². The first kappa shape index (κ1) is 44.7. The molecular weight excluding hydrogens is 948 g/mol. The number of nitrogens with one attached hydrogen (secondary N) is 4. The zero-order valence-corrected chi connectivity index (χ0v) is 36.9. The number of Topliss-reactive ketones (excluding diaryl/α,β-unsaturated/α-hetero) is 2. The molecule has 2 aliphatic carbocycles. The number of nitrogens with zero attached hydrogens (tertiary/aromatic N) is 4. The Morgan fingerprint density at radius 2 is 1.18 bits per heavy atom. The van der Waals surface area contributed by atoms with Crippen LogP contribution in [0.2, 0.25) is 0 Å². The van der Waals surface area contributed by atoms with Gasteiger partial charge in [0.2, 0.25) is 0 Å². The lowest BCUT2D eigenvalue weighted by molar-refractivity contribution is -0.137. The fourth-order valence-electron chi connectivity index (χ4n) is 7.16. The van der Waals surface area contributed by atoms with E-state index in [2.05, 4.69) is 73.0 Å². The van der Waals surface area contributed by atoms with E-state index in [0.717, 1.165) is 92.8 Å². The molecule has 1 aromatic carbocycles. The molecule has 3 fully saturated rings. The summed E-state index contributed by atoms with van der Waals surface area (Å²) in [6.07, 6.45) is 10.1. The maximum Gasteiger partial charge on any atom is 0.325 e. The standard InChI is InChI=1S/C22H25BrN4O5S.C17H17BrN4O4S/c23-20-17(12-18(28)29)25-22(33-20)26-21(31)24-16-6-5-14(27-7-9-32-10-8-27)11-15(16)19(30)13-3-1-2-4-13;18-15-12(7-13(23)24)21-17(27-15)22-16(26)20-11-5-6-19-8-10(11)14(25)9-3-1-2-4-9/h5-6,11,13H,1-4,7-10,12H2,(H,28,29)(H2,24,25,26,31);5-6,8-9H,1-4,7H2,(H,23,24)(H2,19,20,21,22,26). The predicted molar refractivity (Wildman–Crippen MR) is 234 cm³/mol. The highest BCUT2D eigenvalue weighted by Gasteiger charge is 2.28. The molecule has 4 amide bonds. The molecule has 1 saturated heterocycles. The van der Waals surface area contributed by atoms with E-state index in [-0.39, 0.29) is 46.5 Å². The number of benzene rings is 1. The Labute approximate surface area is 369 Å². The van der Waals surface area contributed by atoms with Crippen molar-refractivity contribution >= 4 is 117 Å². The highest BCUT2D eigenvalue weighted by atomic mass is 79.9. The number of hydrogen-bond donors (Lipinski definition) is 6. The molecule has 3 aliphatic rings. The molecule has 60 heavy (non-hydrogen) atoms. The molecule has 6 N–H and O–H groups in total. The summed E-state index contributed by atoms with van der Waals surface area (Å²) < 4.78 is 6.52. The second-order valence-electron chi connectivity index (χ2n) is 14.2. The topological polar surface area (TPSA) is 242 Å². The molecule has 0 radical (unpaired) electrons. The maximum absolute atomic E-state index is 13.3. The van der Waals surface area contributed by atoms with Crippen molar-refractivity contribution in [3.63, 3.8) is 0 Å². The highest BCUT2D eigenvalue weighted by molar-refractivity contribution is 9.11. The van der Waals surface area contributed by atoms with Crippen LogP contribution in [0.1, 0.15) is 83.5 Å². The number of ketones is 2. The molecule has 7 rings (SSSR count). The normalized spacial score (nSPS) is 15.5. The van der Waals surface area contributed by atoms with Gasteiger partial charge in [-0.25, -0.2) is 19.6 Å². The number of rotatable bonds is 13. The van der Waals surface area contributed by atoms with E-state index < -0.39 is 24.0 Å². The third-order valence-electron chi connectivity index (χ3n) is 10.1. The average Bonchev–Trinajstić information content (AvgIpc) is 4.05. The zero-order chi connectivity index (χ0) is 42.8. The van der Waals surface area contributed by atoms with Crippen molar-refractivity contribution in [2.24, 2.45) is 11.8 Å². The third kappa shape index (κ3) is 12.1. The summed E-state index contributed by atoms with van der Waals surface area (Å²) in [6.45, 7) is 2.78. The molecule has 0 atom stereocenters. The molecule has 0 bridgehead atoms. The van der Waals surface area contributed by atoms with E-state index in [1.165, 1.54) is 12.4 Å². The van der Waals surface area contributed by atoms with Crippen molar-refractivity contribution < 1.29 is 43.7 Å². The molecule has 3 aromatic heterocycles. The smallest absolute Gasteiger partial charge is 0.325 e. The van der Waals surface area contributed by atoms with E-state index in [0.29, 0.717) is 54.7 Å². The largest absolute Gasteiger partial charge is 0.481 e. The number of carboxylic acid groups (broad SMARTS) is 2. The number of amides is 4. The van der Waals surface area contributed by atoms with Crippen LogP contribution in [0.3, 0.4) is 0 Å². The van der Waals surface area contributed by atoms with Crippen LogP contribution in [0.15, 0.2) is 44.2 Å². The molecule has 0 unspecified atom stereocenters. The van der Waals surface area contributed by atoms with E-state index >= 15 is 0 Å². The number of thiazole rings is 2. The molecule has 17 nitrogen and oxygen atoms in total. The second kappa shape index (κ2) is 21.1. The van der Waals surface area contributed by atoms with Gasteiger partial charge < -0.3 is 30.5 Å². The molecule has 1 aliphatic heterocycles. The van der Waals surface area contributed by atoms with E-state index in [1.807, 2.05) is 12.1 Å². The molecule has 4 heterocycles. The van der Waals surface area contributed by atoms with Gasteiger partial charge in [0, 0.05) is 48.6 Å². The number of pyridine rings is 1. The van der Waals surface area contributed by atoms with Gasteiger partial charge in [0.05, 0.1) is 62.0 Å². The van der Waals surface area contributed by atoms with Gasteiger partial charge in [0.25, 0.3) is 0 Å². The van der Waals surface area contributed by atoms with Gasteiger partial charge in [0.1, 0.15) is 0 Å². The Hall–Kier alpha value is -4.83. The minimum Gasteiger partial charge on any atom is -0.481 e. The van der Waals surface area contributed by atoms with E-state index in [4.69, 9.17) is 14.9 Å². The summed E-state index contributed by atoms with van der Waals surface area (Å²) >= 11 is 8.77. The fourth-order valence-corrected chi connectivity index (χ4v) is 9.95. The summed E-state index contributed by atoms with van der Waals surface area (Å²) in [7, 11) is 0. The minimum atomic E-state index is -1.01. The Kier molecular flexibility index (Phi) is 15.7. The van der Waals surface area contributed by atoms with Crippen LogP contribution in [0.5, 0.6) is 0 Å². The summed E-state index contributed by atoms with van der Waals surface area (Å²) in [5, 5.41) is 29.0. The lowest BCUT2D eigenvalue weighted by atomic mass is 9.94. The van der Waals surface area contributed by atoms with Crippen LogP contribution in [0, 0.1) is 11.8 Å². The first-order chi connectivity index (χ1) is 28.8. The van der Waals surface area contributed by atoms with Crippen molar-refractivity contribution in [1.29, 1.82) is 0 Å². The summed E-state index contributed by atoms with van der Waals surface area (Å²) in [5.41, 5.74) is 3.36. The lowest BCUT2D eigenvalue weighted by Gasteiger charge is -2.29. The summed E-state index contributed by atoms with van der Waals surface area (Å²) in [6, 6.07) is 6.00. The number of urea groups is 2. The lowest BCUT2D eigenvalue weighted by Crippen LogP contribution is -2.36. The fraction of sp³-hybridized carbons (Fsp3) is 0.410. The number of aromatic nitrogens is 3. The Morgan fingerprint density at radius 1 is 0.700 bits per heavy atom. The monoisotopic (exact) mass is 988 g/mol. The Bertz CT molecular complexity index is 2240. The molecular formula is C39H42Br2N8O9S2. The summed E-state index contributed by atoms with van der Waals surface area (Å²) in [4.78, 5) is 87.2. The number of halogens is 2. The van der Waals surface area contributed by atoms with Gasteiger partial charge in [-0.15, -0.1) is 0 Å². The van der Waals surface area contributed by atoms with Crippen molar-refractivity contribution in [3.8, 4) is 0 Å². The number of carboxylic acids is 2. The first-order valence-electron chi connectivity index (χ1n) is 19.2. The van der Waals surface area contributed by atoms with Crippen LogP contribution in [-0.4, -0.2) is 87.0 Å². The summed E-state index contributed by atoms with van der Waals surface area (Å²) in [5.74, 6) is -2.01. The number of morpholine rings is 1. The van der Waals surface area contributed by atoms with Crippen LogP contribution >= 0.6 is 54.5 Å². The van der Waals surface area contributed by atoms with Crippen LogP contribution in [0.25, 0.3) is 0 Å². The van der Waals surface area contributed by atoms with E-state index in [9.17, 15) is 28.8 Å². The Morgan fingerprint density at radius 3 is 1.68 bits per heavy atom. The quantitative estimate of drug-likeness (QED) is 0.0691. The average molecular weight is 991 g/mol. The molecule has 4 aromatic rings. The number of carbonyl (C=O) groups is 6. The molecule has 0 spiro atoms. The van der Waals surface area contributed by atoms with Crippen molar-refractivity contribution in [2.45, 2.75) is 64.2 Å². The van der Waals surface area contributed by atoms with Crippen molar-refractivity contribution in [1.82, 2.24) is 15.0 Å². The van der Waals surface area contributed by atoms with Gasteiger partial charge in [-0.3, -0.25) is 34.8 Å². The Balaban J connectivity index is 0.000000205. The second-order valence-corrected chi connectivity index (χ2v) is 18.9. The number of anilines is 5. The third-order valence-corrected chi connectivity index (χ3v) is 13.5. The first-order valence-corrected chi connectivity index (χ1v) is 22.5. The highest BCUT2D eigenvalue weighted by Crippen LogP contribution is 2.35. The van der Waals surface area contributed by atoms with Gasteiger partial charge in [-0.05, 0) is 81.8 Å². The molecule has 21 heteroatoms. The SMILES string of the molecule is O=C(O)Cc1nc(NC(=O)Nc2ccc(N3CCOCC3)cc2C(=O)C2CCCC2)sc1Br.O=C(O)Cc1nc(NC(=O)Nc2ccncc2C(=O)C2CCCC2)sc1Br.